The Kier molecular flexibility index (Phi) is 3.52. The third-order valence-corrected chi connectivity index (χ3v) is 4.41. The molecule has 0 radical (unpaired) electrons. The van der Waals surface area contributed by atoms with Crippen LogP contribution in [0.15, 0.2) is 12.3 Å². The molecule has 1 N–H and O–H groups in total. The largest absolute Gasteiger partial charge is 0.477 e. The first-order valence-corrected chi connectivity index (χ1v) is 7.10. The van der Waals surface area contributed by atoms with Crippen LogP contribution in [0, 0.1) is 8.99 Å². The van der Waals surface area contributed by atoms with E-state index in [4.69, 9.17) is 0 Å². The Labute approximate surface area is 115 Å². The lowest BCUT2D eigenvalue weighted by Gasteiger charge is -2.40. The average molecular weight is 347 g/mol. The average Bonchev–Trinajstić information content (AvgIpc) is 2.59. The molecule has 0 amide bonds. The van der Waals surface area contributed by atoms with Crippen molar-refractivity contribution in [3.63, 3.8) is 0 Å². The van der Waals surface area contributed by atoms with Crippen molar-refractivity contribution >= 4 is 28.6 Å². The van der Waals surface area contributed by atoms with Crippen LogP contribution in [-0.2, 0) is 0 Å². The van der Waals surface area contributed by atoms with Crippen LogP contribution in [0.3, 0.4) is 0 Å². The van der Waals surface area contributed by atoms with Gasteiger partial charge in [-0.2, -0.15) is 0 Å². The summed E-state index contributed by atoms with van der Waals surface area (Å²) < 4.78 is 2.98. The van der Waals surface area contributed by atoms with E-state index in [2.05, 4.69) is 36.4 Å². The molecule has 1 saturated carbocycles. The lowest BCUT2D eigenvalue weighted by atomic mass is 9.73. The van der Waals surface area contributed by atoms with Crippen LogP contribution in [0.25, 0.3) is 0 Å². The second-order valence-corrected chi connectivity index (χ2v) is 6.75. The van der Waals surface area contributed by atoms with Gasteiger partial charge in [0.2, 0.25) is 0 Å². The Morgan fingerprint density at radius 2 is 2.24 bits per heavy atom. The second kappa shape index (κ2) is 4.63. The minimum absolute atomic E-state index is 0.185. The second-order valence-electron chi connectivity index (χ2n) is 5.51. The van der Waals surface area contributed by atoms with E-state index < -0.39 is 5.97 Å². The molecule has 0 aliphatic heterocycles. The minimum atomic E-state index is -0.825. The van der Waals surface area contributed by atoms with Crippen LogP contribution in [0.1, 0.15) is 56.1 Å². The first-order chi connectivity index (χ1) is 7.92. The molecule has 1 unspecified atom stereocenters. The van der Waals surface area contributed by atoms with Gasteiger partial charge < -0.3 is 9.67 Å². The molecule has 0 aromatic carbocycles. The first-order valence-electron chi connectivity index (χ1n) is 6.02. The smallest absolute Gasteiger partial charge is 0.352 e. The Morgan fingerprint density at radius 3 is 2.82 bits per heavy atom. The summed E-state index contributed by atoms with van der Waals surface area (Å²) in [4.78, 5) is 11.3. The van der Waals surface area contributed by atoms with Crippen molar-refractivity contribution in [3.05, 3.63) is 21.5 Å². The van der Waals surface area contributed by atoms with Crippen molar-refractivity contribution in [2.75, 3.05) is 0 Å². The molecule has 0 spiro atoms. The molecule has 1 atom stereocenters. The molecule has 1 aromatic rings. The molecule has 2 rings (SSSR count). The quantitative estimate of drug-likeness (QED) is 0.824. The summed E-state index contributed by atoms with van der Waals surface area (Å²) in [6, 6.07) is 2.07. The van der Waals surface area contributed by atoms with Crippen molar-refractivity contribution in [2.45, 2.75) is 45.6 Å². The Balaban J connectivity index is 2.41. The van der Waals surface area contributed by atoms with E-state index in [9.17, 15) is 9.90 Å². The van der Waals surface area contributed by atoms with Gasteiger partial charge in [-0.1, -0.05) is 26.7 Å². The molecule has 1 aromatic heterocycles. The highest BCUT2D eigenvalue weighted by atomic mass is 127. The van der Waals surface area contributed by atoms with E-state index in [0.717, 1.165) is 9.99 Å². The number of hydrogen-bond acceptors (Lipinski definition) is 1. The van der Waals surface area contributed by atoms with E-state index in [-0.39, 0.29) is 5.41 Å². The van der Waals surface area contributed by atoms with Crippen LogP contribution >= 0.6 is 22.6 Å². The number of aromatic nitrogens is 1. The van der Waals surface area contributed by atoms with Crippen molar-refractivity contribution in [1.29, 1.82) is 0 Å². The summed E-state index contributed by atoms with van der Waals surface area (Å²) in [6.07, 6.45) is 6.68. The molecule has 4 heteroatoms. The number of rotatable bonds is 2. The molecule has 1 fully saturated rings. The summed E-state index contributed by atoms with van der Waals surface area (Å²) in [5.74, 6) is -0.825. The van der Waals surface area contributed by atoms with Gasteiger partial charge >= 0.3 is 5.97 Å². The van der Waals surface area contributed by atoms with Gasteiger partial charge in [-0.3, -0.25) is 0 Å². The van der Waals surface area contributed by atoms with Gasteiger partial charge in [0.05, 0.1) is 0 Å². The highest BCUT2D eigenvalue weighted by Gasteiger charge is 2.35. The SMILES string of the molecule is CC1(C)CCCCC1n1cc(I)cc1C(=O)O. The molecule has 1 aliphatic carbocycles. The number of carboxylic acid groups (broad SMARTS) is 1. The maximum absolute atomic E-state index is 11.3. The van der Waals surface area contributed by atoms with E-state index in [0.29, 0.717) is 11.7 Å². The minimum Gasteiger partial charge on any atom is -0.477 e. The molecule has 0 bridgehead atoms. The van der Waals surface area contributed by atoms with Crippen LogP contribution in [0.4, 0.5) is 0 Å². The highest BCUT2D eigenvalue weighted by molar-refractivity contribution is 14.1. The van der Waals surface area contributed by atoms with Gasteiger partial charge in [0.25, 0.3) is 0 Å². The maximum atomic E-state index is 11.3. The molecule has 17 heavy (non-hydrogen) atoms. The fraction of sp³-hybridized carbons (Fsp3) is 0.615. The Morgan fingerprint density at radius 1 is 1.53 bits per heavy atom. The predicted octanol–water partition coefficient (Wildman–Crippen LogP) is 3.93. The number of hydrogen-bond donors (Lipinski definition) is 1. The number of aromatic carboxylic acids is 1. The van der Waals surface area contributed by atoms with Gasteiger partial charge in [0.1, 0.15) is 5.69 Å². The monoisotopic (exact) mass is 347 g/mol. The lowest BCUT2D eigenvalue weighted by Crippen LogP contribution is -2.31. The number of carboxylic acids is 1. The van der Waals surface area contributed by atoms with Gasteiger partial charge in [-0.15, -0.1) is 0 Å². The third kappa shape index (κ3) is 2.51. The predicted molar refractivity (Wildman–Crippen MR) is 75.4 cm³/mol. The highest BCUT2D eigenvalue weighted by Crippen LogP contribution is 2.44. The van der Waals surface area contributed by atoms with Gasteiger partial charge in [-0.05, 0) is 46.9 Å². The normalized spacial score (nSPS) is 23.6. The van der Waals surface area contributed by atoms with Gasteiger partial charge in [-0.25, -0.2) is 4.79 Å². The molecule has 1 heterocycles. The van der Waals surface area contributed by atoms with Gasteiger partial charge in [0, 0.05) is 15.8 Å². The van der Waals surface area contributed by atoms with Crippen LogP contribution in [0.5, 0.6) is 0 Å². The first kappa shape index (κ1) is 12.9. The number of nitrogens with zero attached hydrogens (tertiary/aromatic N) is 1. The van der Waals surface area contributed by atoms with Crippen LogP contribution in [-0.4, -0.2) is 15.6 Å². The molecular formula is C13H18INO2. The fourth-order valence-corrected chi connectivity index (χ4v) is 3.46. The van der Waals surface area contributed by atoms with Crippen LogP contribution < -0.4 is 0 Å². The van der Waals surface area contributed by atoms with E-state index in [1.54, 1.807) is 6.07 Å². The summed E-state index contributed by atoms with van der Waals surface area (Å²) in [6.45, 7) is 4.49. The maximum Gasteiger partial charge on any atom is 0.352 e. The van der Waals surface area contributed by atoms with E-state index >= 15 is 0 Å². The number of carbonyl (C=O) groups is 1. The van der Waals surface area contributed by atoms with Crippen LogP contribution in [0.2, 0.25) is 0 Å². The van der Waals surface area contributed by atoms with Gasteiger partial charge in [0.15, 0.2) is 0 Å². The fourth-order valence-electron chi connectivity index (χ4n) is 2.87. The topological polar surface area (TPSA) is 42.2 Å². The van der Waals surface area contributed by atoms with Crippen molar-refractivity contribution in [2.24, 2.45) is 5.41 Å². The Bertz CT molecular complexity index is 437. The molecule has 0 saturated heterocycles. The molecule has 94 valence electrons. The lowest BCUT2D eigenvalue weighted by molar-refractivity contribution is 0.0666. The summed E-state index contributed by atoms with van der Waals surface area (Å²) in [5.41, 5.74) is 0.610. The zero-order chi connectivity index (χ0) is 12.6. The Hall–Kier alpha value is -0.520. The van der Waals surface area contributed by atoms with Crippen molar-refractivity contribution < 1.29 is 9.90 Å². The third-order valence-electron chi connectivity index (χ3n) is 3.82. The molecular weight excluding hydrogens is 329 g/mol. The molecule has 1 aliphatic rings. The molecule has 3 nitrogen and oxygen atoms in total. The summed E-state index contributed by atoms with van der Waals surface area (Å²) in [5, 5.41) is 9.26. The van der Waals surface area contributed by atoms with E-state index in [1.165, 1.54) is 19.3 Å². The summed E-state index contributed by atoms with van der Waals surface area (Å²) >= 11 is 2.18. The van der Waals surface area contributed by atoms with E-state index in [1.807, 2.05) is 10.8 Å². The zero-order valence-electron chi connectivity index (χ0n) is 10.2. The van der Waals surface area contributed by atoms with Crippen molar-refractivity contribution in [1.82, 2.24) is 4.57 Å². The summed E-state index contributed by atoms with van der Waals surface area (Å²) in [7, 11) is 0. The number of halogens is 1. The standard InChI is InChI=1S/C13H18INO2/c1-13(2)6-4-3-5-11(13)15-8-9(14)7-10(15)12(16)17/h7-8,11H,3-6H2,1-2H3,(H,16,17). The zero-order valence-corrected chi connectivity index (χ0v) is 12.4. The van der Waals surface area contributed by atoms with Crippen molar-refractivity contribution in [3.8, 4) is 0 Å².